The van der Waals surface area contributed by atoms with Gasteiger partial charge in [-0.15, -0.1) is 23.5 Å². The lowest BCUT2D eigenvalue weighted by molar-refractivity contribution is -0.137. The van der Waals surface area contributed by atoms with Crippen molar-refractivity contribution in [2.75, 3.05) is 25.1 Å². The lowest BCUT2D eigenvalue weighted by Gasteiger charge is -2.15. The van der Waals surface area contributed by atoms with Gasteiger partial charge in [-0.1, -0.05) is 12.1 Å². The standard InChI is InChI=1S/C13H15NO3S2/c1-14(8-11(15)16)12(17)9-2-4-10(5-3-9)13-18-6-7-19-13/h2-5,13H,6-8H2,1H3,(H,15,16). The summed E-state index contributed by atoms with van der Waals surface area (Å²) in [6, 6.07) is 7.46. The molecule has 1 aromatic rings. The molecule has 1 aliphatic rings. The Bertz CT molecular complexity index is 469. The Morgan fingerprint density at radius 2 is 1.84 bits per heavy atom. The lowest BCUT2D eigenvalue weighted by atomic mass is 10.1. The zero-order valence-corrected chi connectivity index (χ0v) is 12.2. The molecule has 1 amide bonds. The number of amides is 1. The molecule has 0 unspecified atom stereocenters. The molecule has 6 heteroatoms. The minimum Gasteiger partial charge on any atom is -0.480 e. The van der Waals surface area contributed by atoms with Crippen molar-refractivity contribution in [3.63, 3.8) is 0 Å². The molecule has 1 saturated heterocycles. The first-order valence-corrected chi connectivity index (χ1v) is 7.98. The molecule has 0 aliphatic carbocycles. The molecule has 0 bridgehead atoms. The number of nitrogens with zero attached hydrogens (tertiary/aromatic N) is 1. The topological polar surface area (TPSA) is 57.6 Å². The van der Waals surface area contributed by atoms with Gasteiger partial charge in [0.05, 0.1) is 4.58 Å². The van der Waals surface area contributed by atoms with Gasteiger partial charge in [-0.25, -0.2) is 0 Å². The van der Waals surface area contributed by atoms with E-state index < -0.39 is 5.97 Å². The number of rotatable bonds is 4. The van der Waals surface area contributed by atoms with Gasteiger partial charge in [-0.2, -0.15) is 0 Å². The monoisotopic (exact) mass is 297 g/mol. The normalized spacial score (nSPS) is 15.4. The van der Waals surface area contributed by atoms with E-state index in [-0.39, 0.29) is 12.5 Å². The highest BCUT2D eigenvalue weighted by molar-refractivity contribution is 8.19. The van der Waals surface area contributed by atoms with Crippen molar-refractivity contribution in [3.8, 4) is 0 Å². The van der Waals surface area contributed by atoms with E-state index >= 15 is 0 Å². The van der Waals surface area contributed by atoms with Gasteiger partial charge in [0, 0.05) is 24.1 Å². The van der Waals surface area contributed by atoms with E-state index in [0.717, 1.165) is 11.5 Å². The highest BCUT2D eigenvalue weighted by Gasteiger charge is 2.19. The smallest absolute Gasteiger partial charge is 0.323 e. The number of hydrogen-bond acceptors (Lipinski definition) is 4. The highest BCUT2D eigenvalue weighted by atomic mass is 32.2. The Labute approximate surface area is 120 Å². The third-order valence-electron chi connectivity index (χ3n) is 2.77. The first-order valence-electron chi connectivity index (χ1n) is 5.88. The van der Waals surface area contributed by atoms with Crippen molar-refractivity contribution in [3.05, 3.63) is 35.4 Å². The third kappa shape index (κ3) is 3.67. The van der Waals surface area contributed by atoms with Crippen LogP contribution in [0.15, 0.2) is 24.3 Å². The second kappa shape index (κ2) is 6.34. The van der Waals surface area contributed by atoms with Gasteiger partial charge in [0.15, 0.2) is 0 Å². The first kappa shape index (κ1) is 14.3. The summed E-state index contributed by atoms with van der Waals surface area (Å²) in [5, 5.41) is 8.67. The summed E-state index contributed by atoms with van der Waals surface area (Å²) in [5.41, 5.74) is 1.74. The average Bonchev–Trinajstić information content (AvgIpc) is 2.91. The molecule has 0 atom stereocenters. The Kier molecular flexibility index (Phi) is 4.76. The SMILES string of the molecule is CN(CC(=O)O)C(=O)c1ccc(C2SCCS2)cc1. The Hall–Kier alpha value is -1.14. The van der Waals surface area contributed by atoms with Gasteiger partial charge in [0.25, 0.3) is 5.91 Å². The summed E-state index contributed by atoms with van der Waals surface area (Å²) in [7, 11) is 1.49. The van der Waals surface area contributed by atoms with Crippen molar-refractivity contribution in [1.82, 2.24) is 4.90 Å². The van der Waals surface area contributed by atoms with Crippen molar-refractivity contribution in [1.29, 1.82) is 0 Å². The fourth-order valence-corrected chi connectivity index (χ4v) is 4.69. The van der Waals surface area contributed by atoms with Crippen LogP contribution in [-0.2, 0) is 4.79 Å². The van der Waals surface area contributed by atoms with Crippen molar-refractivity contribution >= 4 is 35.4 Å². The van der Waals surface area contributed by atoms with Crippen molar-refractivity contribution in [2.24, 2.45) is 0 Å². The maximum absolute atomic E-state index is 12.0. The molecule has 0 saturated carbocycles. The molecule has 1 aromatic carbocycles. The van der Waals surface area contributed by atoms with Gasteiger partial charge in [0.2, 0.25) is 0 Å². The predicted molar refractivity (Wildman–Crippen MR) is 78.7 cm³/mol. The average molecular weight is 297 g/mol. The largest absolute Gasteiger partial charge is 0.480 e. The van der Waals surface area contributed by atoms with Crippen LogP contribution in [0, 0.1) is 0 Å². The van der Waals surface area contributed by atoms with Crippen LogP contribution in [-0.4, -0.2) is 47.0 Å². The van der Waals surface area contributed by atoms with Crippen LogP contribution in [0.5, 0.6) is 0 Å². The molecular weight excluding hydrogens is 282 g/mol. The van der Waals surface area contributed by atoms with E-state index in [9.17, 15) is 9.59 Å². The number of carboxylic acids is 1. The zero-order chi connectivity index (χ0) is 13.8. The zero-order valence-electron chi connectivity index (χ0n) is 10.5. The molecule has 0 aromatic heterocycles. The van der Waals surface area contributed by atoms with Crippen LogP contribution in [0.4, 0.5) is 0 Å². The van der Waals surface area contributed by atoms with E-state index in [1.165, 1.54) is 17.5 Å². The number of hydrogen-bond donors (Lipinski definition) is 1. The van der Waals surface area contributed by atoms with E-state index in [4.69, 9.17) is 5.11 Å². The van der Waals surface area contributed by atoms with Crippen LogP contribution < -0.4 is 0 Å². The summed E-state index contributed by atoms with van der Waals surface area (Å²) < 4.78 is 0.459. The number of benzene rings is 1. The Morgan fingerprint density at radius 3 is 2.37 bits per heavy atom. The van der Waals surface area contributed by atoms with Crippen LogP contribution in [0.2, 0.25) is 0 Å². The van der Waals surface area contributed by atoms with Crippen LogP contribution in [0.1, 0.15) is 20.5 Å². The first-order chi connectivity index (χ1) is 9.08. The number of thioether (sulfide) groups is 2. The number of carboxylic acid groups (broad SMARTS) is 1. The van der Waals surface area contributed by atoms with E-state index in [1.54, 1.807) is 12.1 Å². The van der Waals surface area contributed by atoms with E-state index in [1.807, 2.05) is 35.7 Å². The summed E-state index contributed by atoms with van der Waals surface area (Å²) in [6.45, 7) is -0.283. The summed E-state index contributed by atoms with van der Waals surface area (Å²) in [4.78, 5) is 23.7. The summed E-state index contributed by atoms with van der Waals surface area (Å²) in [6.07, 6.45) is 0. The lowest BCUT2D eigenvalue weighted by Crippen LogP contribution is -2.31. The van der Waals surface area contributed by atoms with Gasteiger partial charge in [-0.05, 0) is 17.7 Å². The third-order valence-corrected chi connectivity index (χ3v) is 5.88. The molecule has 1 fully saturated rings. The molecular formula is C13H15NO3S2. The number of likely N-dealkylation sites (N-methyl/N-ethyl adjacent to an activating group) is 1. The van der Waals surface area contributed by atoms with Crippen molar-refractivity contribution in [2.45, 2.75) is 4.58 Å². The molecule has 19 heavy (non-hydrogen) atoms. The molecule has 4 nitrogen and oxygen atoms in total. The highest BCUT2D eigenvalue weighted by Crippen LogP contribution is 2.45. The van der Waals surface area contributed by atoms with Crippen LogP contribution in [0.25, 0.3) is 0 Å². The number of carbonyl (C=O) groups is 2. The second-order valence-electron chi connectivity index (χ2n) is 4.25. The Balaban J connectivity index is 2.05. The maximum Gasteiger partial charge on any atom is 0.323 e. The fourth-order valence-electron chi connectivity index (χ4n) is 1.83. The Morgan fingerprint density at radius 1 is 1.26 bits per heavy atom. The summed E-state index contributed by atoms with van der Waals surface area (Å²) >= 11 is 3.83. The molecule has 0 spiro atoms. The molecule has 1 aliphatic heterocycles. The quantitative estimate of drug-likeness (QED) is 0.924. The van der Waals surface area contributed by atoms with Crippen LogP contribution in [0.3, 0.4) is 0 Å². The number of carbonyl (C=O) groups excluding carboxylic acids is 1. The minimum absolute atomic E-state index is 0.263. The second-order valence-corrected chi connectivity index (χ2v) is 6.97. The summed E-state index contributed by atoms with van der Waals surface area (Å²) in [5.74, 6) is 1.06. The van der Waals surface area contributed by atoms with E-state index in [0.29, 0.717) is 10.1 Å². The minimum atomic E-state index is -1.01. The molecule has 2 rings (SSSR count). The molecule has 0 radical (unpaired) electrons. The van der Waals surface area contributed by atoms with E-state index in [2.05, 4.69) is 0 Å². The molecule has 1 N–H and O–H groups in total. The van der Waals surface area contributed by atoms with Gasteiger partial charge >= 0.3 is 5.97 Å². The molecule has 1 heterocycles. The fraction of sp³-hybridized carbons (Fsp3) is 0.385. The van der Waals surface area contributed by atoms with Gasteiger partial charge in [-0.3, -0.25) is 9.59 Å². The van der Waals surface area contributed by atoms with Gasteiger partial charge in [0.1, 0.15) is 6.54 Å². The van der Waals surface area contributed by atoms with Crippen molar-refractivity contribution < 1.29 is 14.7 Å². The van der Waals surface area contributed by atoms with Gasteiger partial charge < -0.3 is 10.0 Å². The molecule has 102 valence electrons. The number of aliphatic carboxylic acids is 1. The maximum atomic E-state index is 12.0. The van der Waals surface area contributed by atoms with Crippen LogP contribution >= 0.6 is 23.5 Å². The predicted octanol–water partition coefficient (Wildman–Crippen LogP) is 2.32.